The highest BCUT2D eigenvalue weighted by atomic mass is 79.9. The van der Waals surface area contributed by atoms with Crippen molar-refractivity contribution in [2.45, 2.75) is 58.2 Å². The second-order valence-corrected chi connectivity index (χ2v) is 7.26. The first-order valence-corrected chi connectivity index (χ1v) is 8.72. The van der Waals surface area contributed by atoms with E-state index in [0.29, 0.717) is 12.5 Å². The summed E-state index contributed by atoms with van der Waals surface area (Å²) in [4.78, 5) is 0. The lowest BCUT2D eigenvalue weighted by atomic mass is 9.94. The third-order valence-corrected chi connectivity index (χ3v) is 5.19. The molecule has 1 aromatic carbocycles. The Bertz CT molecular complexity index is 425. The SMILES string of the molecule is COC(C)(C)CCOC(C)(CBr)c1ccc(C(C)C)cc1. The van der Waals surface area contributed by atoms with Crippen LogP contribution in [-0.2, 0) is 15.1 Å². The van der Waals surface area contributed by atoms with Gasteiger partial charge in [-0.25, -0.2) is 0 Å². The summed E-state index contributed by atoms with van der Waals surface area (Å²) in [5, 5.41) is 0.772. The van der Waals surface area contributed by atoms with Gasteiger partial charge in [-0.15, -0.1) is 0 Å². The van der Waals surface area contributed by atoms with Crippen molar-refractivity contribution >= 4 is 15.9 Å². The van der Waals surface area contributed by atoms with E-state index in [0.717, 1.165) is 11.8 Å². The number of methoxy groups -OCH3 is 1. The first kappa shape index (κ1) is 18.7. The summed E-state index contributed by atoms with van der Waals surface area (Å²) in [5.74, 6) is 0.553. The van der Waals surface area contributed by atoms with Crippen LogP contribution in [0.5, 0.6) is 0 Å². The molecule has 0 aliphatic heterocycles. The summed E-state index contributed by atoms with van der Waals surface area (Å²) in [7, 11) is 1.74. The van der Waals surface area contributed by atoms with Crippen LogP contribution in [0.3, 0.4) is 0 Å². The van der Waals surface area contributed by atoms with E-state index in [-0.39, 0.29) is 11.2 Å². The molecule has 0 aromatic heterocycles. The average Bonchev–Trinajstić information content (AvgIpc) is 2.47. The molecule has 120 valence electrons. The fraction of sp³-hybridized carbons (Fsp3) is 0.667. The van der Waals surface area contributed by atoms with Gasteiger partial charge in [-0.3, -0.25) is 0 Å². The molecule has 0 fully saturated rings. The monoisotopic (exact) mass is 356 g/mol. The van der Waals surface area contributed by atoms with Gasteiger partial charge in [0, 0.05) is 12.4 Å². The molecule has 0 aliphatic rings. The minimum atomic E-state index is -0.306. The number of halogens is 1. The molecule has 3 heteroatoms. The zero-order valence-corrected chi connectivity index (χ0v) is 15.8. The van der Waals surface area contributed by atoms with Gasteiger partial charge >= 0.3 is 0 Å². The molecule has 0 saturated carbocycles. The summed E-state index contributed by atoms with van der Waals surface area (Å²) in [6.07, 6.45) is 0.871. The lowest BCUT2D eigenvalue weighted by molar-refractivity contribution is -0.0581. The average molecular weight is 357 g/mol. The smallest absolute Gasteiger partial charge is 0.0999 e. The van der Waals surface area contributed by atoms with E-state index in [2.05, 4.69) is 74.8 Å². The molecule has 21 heavy (non-hydrogen) atoms. The van der Waals surface area contributed by atoms with E-state index in [9.17, 15) is 0 Å². The van der Waals surface area contributed by atoms with Crippen molar-refractivity contribution in [2.24, 2.45) is 0 Å². The summed E-state index contributed by atoms with van der Waals surface area (Å²) < 4.78 is 11.6. The highest BCUT2D eigenvalue weighted by Crippen LogP contribution is 2.30. The minimum absolute atomic E-state index is 0.144. The minimum Gasteiger partial charge on any atom is -0.379 e. The Kier molecular flexibility index (Phi) is 6.89. The van der Waals surface area contributed by atoms with Crippen LogP contribution in [0.2, 0.25) is 0 Å². The number of ether oxygens (including phenoxy) is 2. The molecule has 1 aromatic rings. The van der Waals surface area contributed by atoms with Gasteiger partial charge in [-0.1, -0.05) is 54.0 Å². The molecule has 0 heterocycles. The first-order valence-electron chi connectivity index (χ1n) is 7.59. The lowest BCUT2D eigenvalue weighted by Crippen LogP contribution is -2.31. The first-order chi connectivity index (χ1) is 9.74. The topological polar surface area (TPSA) is 18.5 Å². The molecule has 0 aliphatic carbocycles. The molecule has 0 spiro atoms. The fourth-order valence-corrected chi connectivity index (χ4v) is 2.53. The second-order valence-electron chi connectivity index (χ2n) is 6.70. The van der Waals surface area contributed by atoms with Crippen molar-refractivity contribution in [1.29, 1.82) is 0 Å². The van der Waals surface area contributed by atoms with Crippen molar-refractivity contribution in [2.75, 3.05) is 19.0 Å². The van der Waals surface area contributed by atoms with Gasteiger partial charge in [-0.2, -0.15) is 0 Å². The van der Waals surface area contributed by atoms with Crippen molar-refractivity contribution in [3.05, 3.63) is 35.4 Å². The van der Waals surface area contributed by atoms with Crippen LogP contribution >= 0.6 is 15.9 Å². The molecule has 0 amide bonds. The standard InChI is InChI=1S/C18H29BrO2/c1-14(2)15-7-9-16(10-8-15)18(5,13-19)21-12-11-17(3,4)20-6/h7-10,14H,11-13H2,1-6H3. The molecular formula is C18H29BrO2. The molecule has 0 bridgehead atoms. The third-order valence-electron chi connectivity index (χ3n) is 4.12. The van der Waals surface area contributed by atoms with Crippen LogP contribution in [-0.4, -0.2) is 24.6 Å². The summed E-state index contributed by atoms with van der Waals surface area (Å²) in [6, 6.07) is 8.75. The Balaban J connectivity index is 2.75. The van der Waals surface area contributed by atoms with Crippen molar-refractivity contribution in [1.82, 2.24) is 0 Å². The van der Waals surface area contributed by atoms with Crippen LogP contribution in [0.4, 0.5) is 0 Å². The van der Waals surface area contributed by atoms with Gasteiger partial charge < -0.3 is 9.47 Å². The second kappa shape index (κ2) is 7.75. The molecule has 1 rings (SSSR count). The van der Waals surface area contributed by atoms with Crippen LogP contribution in [0.25, 0.3) is 0 Å². The van der Waals surface area contributed by atoms with Gasteiger partial charge in [-0.05, 0) is 44.2 Å². The molecule has 1 atom stereocenters. The zero-order valence-electron chi connectivity index (χ0n) is 14.2. The lowest BCUT2D eigenvalue weighted by Gasteiger charge is -2.31. The van der Waals surface area contributed by atoms with Gasteiger partial charge in [0.1, 0.15) is 0 Å². The normalized spacial score (nSPS) is 15.2. The molecule has 1 unspecified atom stereocenters. The van der Waals surface area contributed by atoms with Gasteiger partial charge in [0.25, 0.3) is 0 Å². The van der Waals surface area contributed by atoms with Crippen LogP contribution in [0.15, 0.2) is 24.3 Å². The fourth-order valence-electron chi connectivity index (χ4n) is 2.04. The summed E-state index contributed by atoms with van der Waals surface area (Å²) in [5.41, 5.74) is 2.11. The highest BCUT2D eigenvalue weighted by molar-refractivity contribution is 9.09. The molecular weight excluding hydrogens is 328 g/mol. The van der Waals surface area contributed by atoms with Crippen LogP contribution < -0.4 is 0 Å². The Morgan fingerprint density at radius 3 is 2.10 bits per heavy atom. The predicted octanol–water partition coefficient (Wildman–Crippen LogP) is 5.25. The Hall–Kier alpha value is -0.380. The van der Waals surface area contributed by atoms with E-state index in [4.69, 9.17) is 9.47 Å². The van der Waals surface area contributed by atoms with Crippen molar-refractivity contribution in [3.63, 3.8) is 0 Å². The third kappa shape index (κ3) is 5.39. The Morgan fingerprint density at radius 1 is 1.10 bits per heavy atom. The van der Waals surface area contributed by atoms with E-state index in [1.54, 1.807) is 7.11 Å². The number of benzene rings is 1. The number of rotatable bonds is 8. The van der Waals surface area contributed by atoms with Gasteiger partial charge in [0.15, 0.2) is 0 Å². The molecule has 0 saturated heterocycles. The van der Waals surface area contributed by atoms with Crippen molar-refractivity contribution < 1.29 is 9.47 Å². The summed E-state index contributed by atoms with van der Waals surface area (Å²) >= 11 is 3.60. The molecule has 0 radical (unpaired) electrons. The maximum Gasteiger partial charge on any atom is 0.0999 e. The highest BCUT2D eigenvalue weighted by Gasteiger charge is 2.27. The van der Waals surface area contributed by atoms with Crippen molar-refractivity contribution in [3.8, 4) is 0 Å². The maximum absolute atomic E-state index is 6.18. The largest absolute Gasteiger partial charge is 0.379 e. The molecule has 2 nitrogen and oxygen atoms in total. The number of hydrogen-bond donors (Lipinski definition) is 0. The van der Waals surface area contributed by atoms with Crippen LogP contribution in [0, 0.1) is 0 Å². The Morgan fingerprint density at radius 2 is 1.67 bits per heavy atom. The maximum atomic E-state index is 6.18. The Labute approximate surface area is 138 Å². The molecule has 0 N–H and O–H groups in total. The van der Waals surface area contributed by atoms with E-state index in [1.807, 2.05) is 0 Å². The zero-order chi connectivity index (χ0) is 16.1. The van der Waals surface area contributed by atoms with Gasteiger partial charge in [0.2, 0.25) is 0 Å². The van der Waals surface area contributed by atoms with E-state index < -0.39 is 0 Å². The van der Waals surface area contributed by atoms with E-state index in [1.165, 1.54) is 11.1 Å². The summed E-state index contributed by atoms with van der Waals surface area (Å²) in [6.45, 7) is 11.4. The number of alkyl halides is 1. The van der Waals surface area contributed by atoms with Gasteiger partial charge in [0.05, 0.1) is 17.8 Å². The quantitative estimate of drug-likeness (QED) is 0.592. The van der Waals surface area contributed by atoms with E-state index >= 15 is 0 Å². The van der Waals surface area contributed by atoms with Crippen LogP contribution in [0.1, 0.15) is 58.1 Å². The number of hydrogen-bond acceptors (Lipinski definition) is 2. The predicted molar refractivity (Wildman–Crippen MR) is 93.3 cm³/mol.